The molecule has 2 atom stereocenters. The summed E-state index contributed by atoms with van der Waals surface area (Å²) < 4.78 is 0. The quantitative estimate of drug-likeness (QED) is 0.637. The normalized spacial score (nSPS) is 34.9. The number of hydrazine groups is 1. The fourth-order valence-corrected chi connectivity index (χ4v) is 2.65. The Kier molecular flexibility index (Phi) is 3.12. The lowest BCUT2D eigenvalue weighted by atomic mass is 9.82. The van der Waals surface area contributed by atoms with Gasteiger partial charge >= 0.3 is 0 Å². The Morgan fingerprint density at radius 3 is 3.07 bits per heavy atom. The summed E-state index contributed by atoms with van der Waals surface area (Å²) in [6, 6.07) is 0. The average Bonchev–Trinajstić information content (AvgIpc) is 2.15. The minimum atomic E-state index is 0.823. The third kappa shape index (κ3) is 2.30. The van der Waals surface area contributed by atoms with E-state index in [1.54, 1.807) is 5.57 Å². The third-order valence-electron chi connectivity index (χ3n) is 3.66. The Hall–Kier alpha value is -0.500. The Bertz CT molecular complexity index is 222. The molecule has 1 heterocycles. The van der Waals surface area contributed by atoms with E-state index >= 15 is 0 Å². The minimum Gasteiger partial charge on any atom is -0.326 e. The predicted octanol–water partition coefficient (Wildman–Crippen LogP) is 2.54. The molecule has 0 spiro atoms. The molecule has 0 bridgehead atoms. The van der Waals surface area contributed by atoms with E-state index in [9.17, 15) is 0 Å². The van der Waals surface area contributed by atoms with Crippen molar-refractivity contribution in [1.82, 2.24) is 10.4 Å². The molecule has 1 aliphatic carbocycles. The number of hydrogen-bond acceptors (Lipinski definition) is 2. The van der Waals surface area contributed by atoms with Crippen molar-refractivity contribution >= 4 is 0 Å². The van der Waals surface area contributed by atoms with Crippen molar-refractivity contribution in [2.75, 3.05) is 13.6 Å². The summed E-state index contributed by atoms with van der Waals surface area (Å²) in [7, 11) is 2.13. The zero-order chi connectivity index (χ0) is 9.97. The van der Waals surface area contributed by atoms with E-state index in [0.717, 1.165) is 11.8 Å². The van der Waals surface area contributed by atoms with Gasteiger partial charge in [-0.3, -0.25) is 0 Å². The van der Waals surface area contributed by atoms with Crippen LogP contribution in [0.3, 0.4) is 0 Å². The van der Waals surface area contributed by atoms with Crippen molar-refractivity contribution < 1.29 is 0 Å². The molecule has 0 saturated heterocycles. The maximum Gasteiger partial charge on any atom is 0.0241 e. The van der Waals surface area contributed by atoms with Crippen molar-refractivity contribution in [3.8, 4) is 0 Å². The first-order valence-electron chi connectivity index (χ1n) is 5.92. The van der Waals surface area contributed by atoms with Gasteiger partial charge in [0.25, 0.3) is 0 Å². The van der Waals surface area contributed by atoms with Gasteiger partial charge in [0.1, 0.15) is 0 Å². The maximum absolute atomic E-state index is 3.31. The van der Waals surface area contributed by atoms with Gasteiger partial charge in [-0.1, -0.05) is 19.8 Å². The fraction of sp³-hybridized carbons (Fsp3) is 0.833. The van der Waals surface area contributed by atoms with Gasteiger partial charge in [-0.2, -0.15) is 0 Å². The van der Waals surface area contributed by atoms with Crippen molar-refractivity contribution in [2.24, 2.45) is 11.8 Å². The van der Waals surface area contributed by atoms with Crippen LogP contribution in [0, 0.1) is 11.8 Å². The highest BCUT2D eigenvalue weighted by Crippen LogP contribution is 2.31. The number of fused-ring (bicyclic) bond motifs is 1. The van der Waals surface area contributed by atoms with Gasteiger partial charge in [0.2, 0.25) is 0 Å². The Morgan fingerprint density at radius 2 is 2.21 bits per heavy atom. The molecule has 14 heavy (non-hydrogen) atoms. The summed E-state index contributed by atoms with van der Waals surface area (Å²) in [6.45, 7) is 3.60. The molecule has 1 fully saturated rings. The second-order valence-corrected chi connectivity index (χ2v) is 5.00. The lowest BCUT2D eigenvalue weighted by Crippen LogP contribution is -2.40. The Balaban J connectivity index is 2.02. The van der Waals surface area contributed by atoms with Gasteiger partial charge in [0, 0.05) is 19.8 Å². The summed E-state index contributed by atoms with van der Waals surface area (Å²) in [5, 5.41) is 2.21. The zero-order valence-electron chi connectivity index (χ0n) is 9.42. The second kappa shape index (κ2) is 4.35. The second-order valence-electron chi connectivity index (χ2n) is 5.00. The SMILES string of the molecule is CC1CCCC2=CNN(C)CC2CC1. The molecule has 80 valence electrons. The molecule has 1 saturated carbocycles. The molecule has 0 aromatic carbocycles. The third-order valence-corrected chi connectivity index (χ3v) is 3.66. The lowest BCUT2D eigenvalue weighted by Gasteiger charge is -2.33. The predicted molar refractivity (Wildman–Crippen MR) is 59.6 cm³/mol. The molecule has 0 radical (unpaired) electrons. The number of nitrogens with zero attached hydrogens (tertiary/aromatic N) is 1. The highest BCUT2D eigenvalue weighted by Gasteiger charge is 2.22. The summed E-state index contributed by atoms with van der Waals surface area (Å²) in [5.74, 6) is 1.76. The number of hydrogen-bond donors (Lipinski definition) is 1. The molecule has 1 N–H and O–H groups in total. The smallest absolute Gasteiger partial charge is 0.0241 e. The van der Waals surface area contributed by atoms with Crippen LogP contribution in [0.25, 0.3) is 0 Å². The van der Waals surface area contributed by atoms with Crippen LogP contribution in [0.4, 0.5) is 0 Å². The van der Waals surface area contributed by atoms with Gasteiger partial charge in [0.05, 0.1) is 0 Å². The van der Waals surface area contributed by atoms with E-state index in [-0.39, 0.29) is 0 Å². The first-order chi connectivity index (χ1) is 6.75. The highest BCUT2D eigenvalue weighted by molar-refractivity contribution is 5.09. The van der Waals surface area contributed by atoms with Crippen LogP contribution in [0.15, 0.2) is 11.8 Å². The van der Waals surface area contributed by atoms with E-state index in [1.165, 1.54) is 38.6 Å². The van der Waals surface area contributed by atoms with E-state index in [0.29, 0.717) is 0 Å². The van der Waals surface area contributed by atoms with Crippen LogP contribution >= 0.6 is 0 Å². The van der Waals surface area contributed by atoms with E-state index in [4.69, 9.17) is 0 Å². The summed E-state index contributed by atoms with van der Waals surface area (Å²) in [5.41, 5.74) is 4.97. The van der Waals surface area contributed by atoms with E-state index in [2.05, 4.69) is 30.6 Å². The van der Waals surface area contributed by atoms with Crippen molar-refractivity contribution in [3.63, 3.8) is 0 Å². The standard InChI is InChI=1S/C12H22N2/c1-10-4-3-5-11-8-13-14(2)9-12(11)7-6-10/h8,10,12-13H,3-7,9H2,1-2H3. The largest absolute Gasteiger partial charge is 0.326 e. The van der Waals surface area contributed by atoms with Gasteiger partial charge in [-0.05, 0) is 36.7 Å². The van der Waals surface area contributed by atoms with Gasteiger partial charge in [0.15, 0.2) is 0 Å². The highest BCUT2D eigenvalue weighted by atomic mass is 15.5. The van der Waals surface area contributed by atoms with Crippen molar-refractivity contribution in [2.45, 2.75) is 39.0 Å². The molecule has 0 aromatic rings. The molecule has 2 unspecified atom stereocenters. The summed E-state index contributed by atoms with van der Waals surface area (Å²) in [6.07, 6.45) is 9.16. The average molecular weight is 194 g/mol. The van der Waals surface area contributed by atoms with Crippen LogP contribution < -0.4 is 5.43 Å². The first-order valence-corrected chi connectivity index (χ1v) is 5.92. The first kappa shape index (κ1) is 10.0. The molecule has 0 amide bonds. The maximum atomic E-state index is 3.31. The van der Waals surface area contributed by atoms with E-state index in [1.807, 2.05) is 0 Å². The molecule has 2 aliphatic rings. The van der Waals surface area contributed by atoms with Gasteiger partial charge in [-0.15, -0.1) is 0 Å². The molecule has 2 nitrogen and oxygen atoms in total. The summed E-state index contributed by atoms with van der Waals surface area (Å²) >= 11 is 0. The lowest BCUT2D eigenvalue weighted by molar-refractivity contribution is 0.203. The number of nitrogens with one attached hydrogen (secondary N) is 1. The summed E-state index contributed by atoms with van der Waals surface area (Å²) in [4.78, 5) is 0. The van der Waals surface area contributed by atoms with E-state index < -0.39 is 0 Å². The number of rotatable bonds is 0. The Labute approximate surface area is 87.3 Å². The molecular weight excluding hydrogens is 172 g/mol. The Morgan fingerprint density at radius 1 is 1.36 bits per heavy atom. The molecule has 0 aromatic heterocycles. The fourth-order valence-electron chi connectivity index (χ4n) is 2.65. The van der Waals surface area contributed by atoms with Crippen LogP contribution in [-0.2, 0) is 0 Å². The van der Waals surface area contributed by atoms with Crippen LogP contribution in [-0.4, -0.2) is 18.6 Å². The monoisotopic (exact) mass is 194 g/mol. The molecule has 2 rings (SSSR count). The minimum absolute atomic E-state index is 0.823. The van der Waals surface area contributed by atoms with Crippen molar-refractivity contribution in [3.05, 3.63) is 11.8 Å². The van der Waals surface area contributed by atoms with Crippen LogP contribution in [0.5, 0.6) is 0 Å². The van der Waals surface area contributed by atoms with Crippen LogP contribution in [0.1, 0.15) is 39.0 Å². The molecule has 1 aliphatic heterocycles. The van der Waals surface area contributed by atoms with Gasteiger partial charge < -0.3 is 5.43 Å². The van der Waals surface area contributed by atoms with Crippen LogP contribution in [0.2, 0.25) is 0 Å². The molecular formula is C12H22N2. The van der Waals surface area contributed by atoms with Gasteiger partial charge in [-0.25, -0.2) is 5.01 Å². The zero-order valence-corrected chi connectivity index (χ0v) is 9.42. The topological polar surface area (TPSA) is 15.3 Å². The molecule has 2 heteroatoms. The van der Waals surface area contributed by atoms with Crippen molar-refractivity contribution in [1.29, 1.82) is 0 Å².